The van der Waals surface area contributed by atoms with Gasteiger partial charge in [0.2, 0.25) is 5.91 Å². The molecule has 0 fully saturated rings. The second kappa shape index (κ2) is 7.47. The largest absolute Gasteiger partial charge is 0.349 e. The smallest absolute Gasteiger partial charge is 0.224 e. The van der Waals surface area contributed by atoms with Crippen molar-refractivity contribution in [2.45, 2.75) is 26.3 Å². The molecule has 0 aliphatic rings. The quantitative estimate of drug-likeness (QED) is 0.755. The molecular formula is C20H19F2N3O. The van der Waals surface area contributed by atoms with E-state index in [0.29, 0.717) is 0 Å². The minimum Gasteiger partial charge on any atom is -0.349 e. The molecule has 4 nitrogen and oxygen atoms in total. The fraction of sp³-hybridized carbons (Fsp3) is 0.200. The Kier molecular flexibility index (Phi) is 5.11. The van der Waals surface area contributed by atoms with Gasteiger partial charge in [0.1, 0.15) is 11.6 Å². The molecule has 1 aromatic heterocycles. The number of hydrogen-bond acceptors (Lipinski definition) is 2. The fourth-order valence-electron chi connectivity index (χ4n) is 2.85. The number of carbonyl (C=O) groups excluding carboxylic acids is 1. The SMILES string of the molecule is Cc1c(C(C)NC(=O)Cc2ccc(F)cc2)cnn1-c1ccc(F)cc1. The van der Waals surface area contributed by atoms with Crippen molar-refractivity contribution in [1.29, 1.82) is 0 Å². The Labute approximate surface area is 150 Å². The minimum absolute atomic E-state index is 0.155. The van der Waals surface area contributed by atoms with Crippen molar-refractivity contribution in [1.82, 2.24) is 15.1 Å². The van der Waals surface area contributed by atoms with Crippen LogP contribution in [-0.4, -0.2) is 15.7 Å². The van der Waals surface area contributed by atoms with E-state index in [1.54, 1.807) is 35.1 Å². The molecule has 3 rings (SSSR count). The summed E-state index contributed by atoms with van der Waals surface area (Å²) in [7, 11) is 0. The lowest BCUT2D eigenvalue weighted by Gasteiger charge is -2.14. The predicted octanol–water partition coefficient (Wildman–Crippen LogP) is 3.88. The number of hydrogen-bond donors (Lipinski definition) is 1. The van der Waals surface area contributed by atoms with E-state index >= 15 is 0 Å². The van der Waals surface area contributed by atoms with E-state index in [1.807, 2.05) is 13.8 Å². The lowest BCUT2D eigenvalue weighted by atomic mass is 10.1. The number of amides is 1. The first-order valence-electron chi connectivity index (χ1n) is 8.28. The molecule has 0 saturated carbocycles. The van der Waals surface area contributed by atoms with Crippen LogP contribution >= 0.6 is 0 Å². The molecule has 0 saturated heterocycles. The molecule has 6 heteroatoms. The van der Waals surface area contributed by atoms with Crippen LogP contribution in [0.25, 0.3) is 5.69 Å². The normalized spacial score (nSPS) is 12.0. The zero-order valence-corrected chi connectivity index (χ0v) is 14.5. The first-order valence-corrected chi connectivity index (χ1v) is 8.28. The van der Waals surface area contributed by atoms with E-state index in [9.17, 15) is 13.6 Å². The molecule has 3 aromatic rings. The Balaban J connectivity index is 1.70. The third kappa shape index (κ3) is 3.96. The van der Waals surface area contributed by atoms with Crippen molar-refractivity contribution < 1.29 is 13.6 Å². The Morgan fingerprint density at radius 1 is 1.08 bits per heavy atom. The van der Waals surface area contributed by atoms with Crippen LogP contribution < -0.4 is 5.32 Å². The number of nitrogens with zero attached hydrogens (tertiary/aromatic N) is 2. The van der Waals surface area contributed by atoms with Gasteiger partial charge in [0.15, 0.2) is 0 Å². The molecule has 1 heterocycles. The van der Waals surface area contributed by atoms with Crippen molar-refractivity contribution in [3.63, 3.8) is 0 Å². The van der Waals surface area contributed by atoms with Crippen LogP contribution in [0, 0.1) is 18.6 Å². The van der Waals surface area contributed by atoms with Crippen molar-refractivity contribution in [3.05, 3.63) is 83.2 Å². The molecular weight excluding hydrogens is 336 g/mol. The predicted molar refractivity (Wildman–Crippen MR) is 94.9 cm³/mol. The van der Waals surface area contributed by atoms with Crippen LogP contribution in [0.3, 0.4) is 0 Å². The molecule has 0 spiro atoms. The van der Waals surface area contributed by atoms with Crippen molar-refractivity contribution in [2.24, 2.45) is 0 Å². The van der Waals surface area contributed by atoms with E-state index < -0.39 is 0 Å². The molecule has 0 bridgehead atoms. The maximum atomic E-state index is 13.1. The van der Waals surface area contributed by atoms with Gasteiger partial charge in [-0.3, -0.25) is 4.79 Å². The molecule has 1 N–H and O–H groups in total. The summed E-state index contributed by atoms with van der Waals surface area (Å²) >= 11 is 0. The van der Waals surface area contributed by atoms with E-state index in [-0.39, 0.29) is 30.0 Å². The van der Waals surface area contributed by atoms with Crippen LogP contribution in [0.15, 0.2) is 54.7 Å². The van der Waals surface area contributed by atoms with Crippen LogP contribution in [0.1, 0.15) is 29.8 Å². The zero-order valence-electron chi connectivity index (χ0n) is 14.5. The van der Waals surface area contributed by atoms with Gasteiger partial charge in [-0.1, -0.05) is 12.1 Å². The molecule has 0 radical (unpaired) electrons. The summed E-state index contributed by atoms with van der Waals surface area (Å²) in [6, 6.07) is 11.7. The second-order valence-electron chi connectivity index (χ2n) is 6.17. The second-order valence-corrected chi connectivity index (χ2v) is 6.17. The van der Waals surface area contributed by atoms with Gasteiger partial charge in [0.05, 0.1) is 24.3 Å². The monoisotopic (exact) mass is 355 g/mol. The van der Waals surface area contributed by atoms with Gasteiger partial charge in [-0.05, 0) is 55.8 Å². The average Bonchev–Trinajstić information content (AvgIpc) is 2.99. The lowest BCUT2D eigenvalue weighted by Crippen LogP contribution is -2.28. The molecule has 134 valence electrons. The maximum absolute atomic E-state index is 13.1. The van der Waals surface area contributed by atoms with Gasteiger partial charge in [0, 0.05) is 11.3 Å². The molecule has 1 unspecified atom stereocenters. The van der Waals surface area contributed by atoms with Gasteiger partial charge in [-0.25, -0.2) is 13.5 Å². The van der Waals surface area contributed by atoms with Crippen LogP contribution in [-0.2, 0) is 11.2 Å². The topological polar surface area (TPSA) is 46.9 Å². The van der Waals surface area contributed by atoms with Crippen molar-refractivity contribution >= 4 is 5.91 Å². The molecule has 0 aliphatic carbocycles. The summed E-state index contributed by atoms with van der Waals surface area (Å²) in [5, 5.41) is 7.27. The van der Waals surface area contributed by atoms with Crippen molar-refractivity contribution in [2.75, 3.05) is 0 Å². The van der Waals surface area contributed by atoms with Crippen molar-refractivity contribution in [3.8, 4) is 5.69 Å². The third-order valence-corrected chi connectivity index (χ3v) is 4.24. The van der Waals surface area contributed by atoms with E-state index in [2.05, 4.69) is 10.4 Å². The Morgan fingerprint density at radius 2 is 1.65 bits per heavy atom. The third-order valence-electron chi connectivity index (χ3n) is 4.24. The summed E-state index contributed by atoms with van der Waals surface area (Å²) in [5.41, 5.74) is 3.24. The van der Waals surface area contributed by atoms with E-state index in [1.165, 1.54) is 24.3 Å². The minimum atomic E-state index is -0.327. The highest BCUT2D eigenvalue weighted by Gasteiger charge is 2.16. The average molecular weight is 355 g/mol. The summed E-state index contributed by atoms with van der Waals surface area (Å²) in [4.78, 5) is 12.2. The standard InChI is InChI=1S/C20H19F2N3O/c1-13(24-20(26)11-15-3-5-16(21)6-4-15)19-12-23-25(14(19)2)18-9-7-17(22)8-10-18/h3-10,12-13H,11H2,1-2H3,(H,24,26). The summed E-state index contributed by atoms with van der Waals surface area (Å²) in [5.74, 6) is -0.787. The number of aromatic nitrogens is 2. The van der Waals surface area contributed by atoms with Crippen LogP contribution in [0.2, 0.25) is 0 Å². The van der Waals surface area contributed by atoms with Gasteiger partial charge >= 0.3 is 0 Å². The Hall–Kier alpha value is -3.02. The van der Waals surface area contributed by atoms with Crippen LogP contribution in [0.4, 0.5) is 8.78 Å². The highest BCUT2D eigenvalue weighted by molar-refractivity contribution is 5.79. The first kappa shape index (κ1) is 17.8. The zero-order chi connectivity index (χ0) is 18.7. The molecule has 2 aromatic carbocycles. The van der Waals surface area contributed by atoms with E-state index in [4.69, 9.17) is 0 Å². The van der Waals surface area contributed by atoms with Crippen LogP contribution in [0.5, 0.6) is 0 Å². The number of nitrogens with one attached hydrogen (secondary N) is 1. The van der Waals surface area contributed by atoms with Gasteiger partial charge < -0.3 is 5.32 Å². The number of carbonyl (C=O) groups is 1. The number of rotatable bonds is 5. The fourth-order valence-corrected chi connectivity index (χ4v) is 2.85. The van der Waals surface area contributed by atoms with Gasteiger partial charge in [0.25, 0.3) is 0 Å². The van der Waals surface area contributed by atoms with E-state index in [0.717, 1.165) is 22.5 Å². The first-order chi connectivity index (χ1) is 12.4. The molecule has 1 atom stereocenters. The highest BCUT2D eigenvalue weighted by atomic mass is 19.1. The maximum Gasteiger partial charge on any atom is 0.224 e. The molecule has 0 aliphatic heterocycles. The van der Waals surface area contributed by atoms with Gasteiger partial charge in [-0.2, -0.15) is 5.10 Å². The number of benzene rings is 2. The Morgan fingerprint density at radius 3 is 2.27 bits per heavy atom. The number of halogens is 2. The molecule has 1 amide bonds. The molecule has 26 heavy (non-hydrogen) atoms. The summed E-state index contributed by atoms with van der Waals surface area (Å²) in [6.45, 7) is 3.77. The highest BCUT2D eigenvalue weighted by Crippen LogP contribution is 2.20. The van der Waals surface area contributed by atoms with Gasteiger partial charge in [-0.15, -0.1) is 0 Å². The Bertz CT molecular complexity index is 902. The lowest BCUT2D eigenvalue weighted by molar-refractivity contribution is -0.121. The summed E-state index contributed by atoms with van der Waals surface area (Å²) < 4.78 is 27.7. The summed E-state index contributed by atoms with van der Waals surface area (Å²) in [6.07, 6.45) is 1.87.